The van der Waals surface area contributed by atoms with E-state index in [1.54, 1.807) is 30.0 Å². The normalized spacial score (nSPS) is 10.6. The number of halogens is 2. The number of rotatable bonds is 4. The maximum atomic E-state index is 12.5. The summed E-state index contributed by atoms with van der Waals surface area (Å²) >= 11 is 11.9. The van der Waals surface area contributed by atoms with Gasteiger partial charge in [-0.05, 0) is 32.0 Å². The Balaban J connectivity index is 2.23. The lowest BCUT2D eigenvalue weighted by Gasteiger charge is -2.20. The van der Waals surface area contributed by atoms with E-state index >= 15 is 0 Å². The van der Waals surface area contributed by atoms with Crippen LogP contribution >= 0.6 is 23.2 Å². The molecule has 0 saturated carbocycles. The van der Waals surface area contributed by atoms with Gasteiger partial charge in [0, 0.05) is 11.6 Å². The van der Waals surface area contributed by atoms with Gasteiger partial charge in [-0.15, -0.1) is 0 Å². The Morgan fingerprint density at radius 3 is 2.65 bits per heavy atom. The third-order valence-electron chi connectivity index (χ3n) is 2.92. The Bertz CT molecular complexity index is 628. The summed E-state index contributed by atoms with van der Waals surface area (Å²) < 4.78 is 4.63. The van der Waals surface area contributed by atoms with Crippen LogP contribution in [0.25, 0.3) is 0 Å². The van der Waals surface area contributed by atoms with E-state index in [9.17, 15) is 4.79 Å². The van der Waals surface area contributed by atoms with Gasteiger partial charge in [-0.1, -0.05) is 33.5 Å². The van der Waals surface area contributed by atoms with Crippen molar-refractivity contribution in [1.82, 2.24) is 15.2 Å². The van der Waals surface area contributed by atoms with Crippen LogP contribution in [0.3, 0.4) is 0 Å². The van der Waals surface area contributed by atoms with E-state index in [-0.39, 0.29) is 5.91 Å². The van der Waals surface area contributed by atoms with Crippen molar-refractivity contribution in [3.63, 3.8) is 0 Å². The molecule has 0 aliphatic carbocycles. The first-order valence-corrected chi connectivity index (χ1v) is 6.81. The van der Waals surface area contributed by atoms with Crippen molar-refractivity contribution < 1.29 is 9.42 Å². The molecule has 0 spiro atoms. The zero-order valence-corrected chi connectivity index (χ0v) is 12.6. The third-order valence-corrected chi connectivity index (χ3v) is 3.47. The van der Waals surface area contributed by atoms with Crippen molar-refractivity contribution in [3.8, 4) is 0 Å². The molecule has 0 saturated heterocycles. The van der Waals surface area contributed by atoms with Crippen LogP contribution in [0, 0.1) is 6.92 Å². The number of aryl methyl sites for hydroxylation is 1. The third kappa shape index (κ3) is 3.11. The van der Waals surface area contributed by atoms with E-state index in [1.807, 2.05) is 6.92 Å². The quantitative estimate of drug-likeness (QED) is 0.868. The highest BCUT2D eigenvalue weighted by Crippen LogP contribution is 2.23. The van der Waals surface area contributed by atoms with E-state index in [1.165, 1.54) is 0 Å². The predicted octanol–water partition coefficient (Wildman–Crippen LogP) is 3.35. The van der Waals surface area contributed by atoms with Gasteiger partial charge >= 0.3 is 0 Å². The second-order valence-electron chi connectivity index (χ2n) is 4.24. The first-order chi connectivity index (χ1) is 9.52. The number of hydrogen-bond donors (Lipinski definition) is 0. The number of amides is 1. The molecule has 106 valence electrons. The number of carbonyl (C=O) groups is 1. The van der Waals surface area contributed by atoms with Crippen molar-refractivity contribution in [2.45, 2.75) is 20.4 Å². The average molecular weight is 314 g/mol. The second kappa shape index (κ2) is 6.24. The summed E-state index contributed by atoms with van der Waals surface area (Å²) in [4.78, 5) is 14.1. The number of aromatic nitrogens is 2. The summed E-state index contributed by atoms with van der Waals surface area (Å²) in [6, 6.07) is 4.80. The Morgan fingerprint density at radius 2 is 2.10 bits per heavy atom. The van der Waals surface area contributed by atoms with Crippen LogP contribution in [0.1, 0.15) is 28.7 Å². The molecule has 5 nitrogen and oxygen atoms in total. The van der Waals surface area contributed by atoms with Gasteiger partial charge in [0.15, 0.2) is 0 Å². The molecule has 0 radical (unpaired) electrons. The van der Waals surface area contributed by atoms with Crippen molar-refractivity contribution >= 4 is 29.1 Å². The molecule has 0 bridgehead atoms. The number of carbonyl (C=O) groups excluding carboxylic acids is 1. The summed E-state index contributed by atoms with van der Waals surface area (Å²) in [6.07, 6.45) is 0. The largest absolute Gasteiger partial charge is 0.333 e. The summed E-state index contributed by atoms with van der Waals surface area (Å²) in [5.74, 6) is -0.184. The highest BCUT2D eigenvalue weighted by molar-refractivity contribution is 6.36. The molecule has 0 fully saturated rings. The lowest BCUT2D eigenvalue weighted by molar-refractivity contribution is 0.0749. The molecule has 1 aromatic heterocycles. The van der Waals surface area contributed by atoms with Crippen LogP contribution < -0.4 is 0 Å². The van der Waals surface area contributed by atoms with E-state index in [4.69, 9.17) is 23.2 Å². The van der Waals surface area contributed by atoms with Gasteiger partial charge in [-0.25, -0.2) is 4.63 Å². The van der Waals surface area contributed by atoms with E-state index in [0.717, 1.165) is 0 Å². The average Bonchev–Trinajstić information content (AvgIpc) is 2.80. The van der Waals surface area contributed by atoms with Crippen LogP contribution in [-0.2, 0) is 6.54 Å². The molecule has 0 unspecified atom stereocenters. The van der Waals surface area contributed by atoms with Gasteiger partial charge in [-0.3, -0.25) is 4.79 Å². The SMILES string of the molecule is CCN(Cc1nonc1C)C(=O)c1ccc(Cl)cc1Cl. The summed E-state index contributed by atoms with van der Waals surface area (Å²) in [5, 5.41) is 8.30. The molecule has 0 N–H and O–H groups in total. The minimum Gasteiger partial charge on any atom is -0.333 e. The maximum absolute atomic E-state index is 12.5. The molecule has 0 aliphatic rings. The smallest absolute Gasteiger partial charge is 0.255 e. The Morgan fingerprint density at radius 1 is 1.35 bits per heavy atom. The highest BCUT2D eigenvalue weighted by atomic mass is 35.5. The summed E-state index contributed by atoms with van der Waals surface area (Å²) in [5.41, 5.74) is 1.70. The summed E-state index contributed by atoms with van der Waals surface area (Å²) in [7, 11) is 0. The zero-order chi connectivity index (χ0) is 14.7. The minimum absolute atomic E-state index is 0.184. The van der Waals surface area contributed by atoms with Gasteiger partial charge < -0.3 is 4.90 Å². The molecular formula is C13H13Cl2N3O2. The number of benzene rings is 1. The Labute approximate surface area is 126 Å². The number of nitrogens with zero attached hydrogens (tertiary/aromatic N) is 3. The number of hydrogen-bond acceptors (Lipinski definition) is 4. The zero-order valence-electron chi connectivity index (χ0n) is 11.1. The van der Waals surface area contributed by atoms with Crippen LogP contribution in [-0.4, -0.2) is 27.7 Å². The monoisotopic (exact) mass is 313 g/mol. The van der Waals surface area contributed by atoms with Crippen LogP contribution in [0.4, 0.5) is 0 Å². The van der Waals surface area contributed by atoms with Crippen LogP contribution in [0.15, 0.2) is 22.8 Å². The molecule has 1 heterocycles. The molecule has 0 aliphatic heterocycles. The molecule has 2 aromatic rings. The van der Waals surface area contributed by atoms with Crippen molar-refractivity contribution in [2.75, 3.05) is 6.54 Å². The van der Waals surface area contributed by atoms with Crippen molar-refractivity contribution in [3.05, 3.63) is 45.2 Å². The fourth-order valence-corrected chi connectivity index (χ4v) is 2.22. The molecule has 1 aromatic carbocycles. The Hall–Kier alpha value is -1.59. The van der Waals surface area contributed by atoms with E-state index in [0.29, 0.717) is 40.1 Å². The van der Waals surface area contributed by atoms with Gasteiger partial charge in [-0.2, -0.15) is 0 Å². The molecule has 0 atom stereocenters. The van der Waals surface area contributed by atoms with Crippen molar-refractivity contribution in [1.29, 1.82) is 0 Å². The molecule has 1 amide bonds. The van der Waals surface area contributed by atoms with Gasteiger partial charge in [0.05, 0.1) is 17.1 Å². The standard InChI is InChI=1S/C13H13Cl2N3O2/c1-3-18(7-12-8(2)16-20-17-12)13(19)10-5-4-9(14)6-11(10)15/h4-6H,3,7H2,1-2H3. The Kier molecular flexibility index (Phi) is 4.62. The van der Waals surface area contributed by atoms with Gasteiger partial charge in [0.1, 0.15) is 11.4 Å². The van der Waals surface area contributed by atoms with Crippen molar-refractivity contribution in [2.24, 2.45) is 0 Å². The fraction of sp³-hybridized carbons (Fsp3) is 0.308. The lowest BCUT2D eigenvalue weighted by atomic mass is 10.2. The van der Waals surface area contributed by atoms with E-state index < -0.39 is 0 Å². The first kappa shape index (κ1) is 14.8. The minimum atomic E-state index is -0.184. The molecule has 20 heavy (non-hydrogen) atoms. The molecule has 2 rings (SSSR count). The second-order valence-corrected chi connectivity index (χ2v) is 5.08. The summed E-state index contributed by atoms with van der Waals surface area (Å²) in [6.45, 7) is 4.50. The van der Waals surface area contributed by atoms with E-state index in [2.05, 4.69) is 14.9 Å². The first-order valence-electron chi connectivity index (χ1n) is 6.05. The fourth-order valence-electron chi connectivity index (χ4n) is 1.73. The van der Waals surface area contributed by atoms with Crippen LogP contribution in [0.5, 0.6) is 0 Å². The van der Waals surface area contributed by atoms with Gasteiger partial charge in [0.25, 0.3) is 5.91 Å². The molecular weight excluding hydrogens is 301 g/mol. The highest BCUT2D eigenvalue weighted by Gasteiger charge is 2.20. The predicted molar refractivity (Wildman–Crippen MR) is 75.9 cm³/mol. The van der Waals surface area contributed by atoms with Crippen LogP contribution in [0.2, 0.25) is 10.0 Å². The van der Waals surface area contributed by atoms with Gasteiger partial charge in [0.2, 0.25) is 0 Å². The molecule has 7 heteroatoms. The lowest BCUT2D eigenvalue weighted by Crippen LogP contribution is -2.31. The topological polar surface area (TPSA) is 59.2 Å². The maximum Gasteiger partial charge on any atom is 0.255 e.